The lowest BCUT2D eigenvalue weighted by atomic mass is 10.1. The second kappa shape index (κ2) is 8.44. The van der Waals surface area contributed by atoms with E-state index in [4.69, 9.17) is 14.2 Å². The Bertz CT molecular complexity index is 641. The number of methoxy groups -OCH3 is 3. The predicted octanol–water partition coefficient (Wildman–Crippen LogP) is 3.35. The maximum absolute atomic E-state index is 5.47. The van der Waals surface area contributed by atoms with E-state index in [1.54, 1.807) is 21.3 Å². The molecule has 0 atom stereocenters. The number of ether oxygens (including phenoxy) is 3. The topological polar surface area (TPSA) is 39.7 Å². The Kier molecular flexibility index (Phi) is 6.29. The molecule has 0 aliphatic heterocycles. The van der Waals surface area contributed by atoms with Gasteiger partial charge in [-0.25, -0.2) is 0 Å². The predicted molar refractivity (Wildman–Crippen MR) is 92.7 cm³/mol. The molecule has 0 fully saturated rings. The molecule has 0 unspecified atom stereocenters. The van der Waals surface area contributed by atoms with E-state index in [1.165, 1.54) is 0 Å². The molecule has 0 aromatic heterocycles. The average molecular weight is 315 g/mol. The highest BCUT2D eigenvalue weighted by Crippen LogP contribution is 2.28. The van der Waals surface area contributed by atoms with Crippen LogP contribution in [0.2, 0.25) is 0 Å². The van der Waals surface area contributed by atoms with Crippen molar-refractivity contribution in [1.29, 1.82) is 0 Å². The Balaban J connectivity index is 1.96. The molecule has 0 aliphatic rings. The first kappa shape index (κ1) is 17.2. The molecule has 4 nitrogen and oxygen atoms in total. The van der Waals surface area contributed by atoms with Gasteiger partial charge in [-0.1, -0.05) is 18.2 Å². The van der Waals surface area contributed by atoms with Crippen molar-refractivity contribution in [3.63, 3.8) is 0 Å². The molecule has 2 aromatic rings. The number of hydrogen-bond donors (Lipinski definition) is 1. The van der Waals surface area contributed by atoms with E-state index in [-0.39, 0.29) is 0 Å². The summed E-state index contributed by atoms with van der Waals surface area (Å²) < 4.78 is 16.2. The summed E-state index contributed by atoms with van der Waals surface area (Å²) in [6, 6.07) is 12.1. The molecular weight excluding hydrogens is 290 g/mol. The molecule has 0 spiro atoms. The number of rotatable bonds is 8. The van der Waals surface area contributed by atoms with Crippen LogP contribution in [0.4, 0.5) is 0 Å². The van der Waals surface area contributed by atoms with Gasteiger partial charge in [-0.3, -0.25) is 0 Å². The molecule has 23 heavy (non-hydrogen) atoms. The fraction of sp³-hybridized carbons (Fsp3) is 0.368. The van der Waals surface area contributed by atoms with E-state index in [0.29, 0.717) is 0 Å². The minimum atomic E-state index is 0.773. The average Bonchev–Trinajstić information content (AvgIpc) is 2.59. The third kappa shape index (κ3) is 4.39. The lowest BCUT2D eigenvalue weighted by Crippen LogP contribution is -2.17. The van der Waals surface area contributed by atoms with Crippen LogP contribution >= 0.6 is 0 Å². The largest absolute Gasteiger partial charge is 0.496 e. The van der Waals surface area contributed by atoms with E-state index >= 15 is 0 Å². The van der Waals surface area contributed by atoms with Gasteiger partial charge in [0.25, 0.3) is 0 Å². The monoisotopic (exact) mass is 315 g/mol. The van der Waals surface area contributed by atoms with Crippen molar-refractivity contribution in [2.45, 2.75) is 19.9 Å². The molecule has 0 saturated carbocycles. The van der Waals surface area contributed by atoms with Crippen LogP contribution < -0.4 is 19.5 Å². The maximum atomic E-state index is 5.47. The Hall–Kier alpha value is -2.20. The van der Waals surface area contributed by atoms with Crippen molar-refractivity contribution >= 4 is 0 Å². The minimum absolute atomic E-state index is 0.773. The van der Waals surface area contributed by atoms with Crippen LogP contribution in [0, 0.1) is 6.92 Å². The second-order valence-corrected chi connectivity index (χ2v) is 5.37. The van der Waals surface area contributed by atoms with Crippen molar-refractivity contribution in [1.82, 2.24) is 5.32 Å². The molecule has 0 amide bonds. The minimum Gasteiger partial charge on any atom is -0.496 e. The van der Waals surface area contributed by atoms with Crippen molar-refractivity contribution in [2.24, 2.45) is 0 Å². The van der Waals surface area contributed by atoms with E-state index in [0.717, 1.165) is 53.4 Å². The Morgan fingerprint density at radius 2 is 1.52 bits per heavy atom. The van der Waals surface area contributed by atoms with Gasteiger partial charge in [-0.2, -0.15) is 0 Å². The first-order chi connectivity index (χ1) is 11.2. The summed E-state index contributed by atoms with van der Waals surface area (Å²) in [4.78, 5) is 0. The van der Waals surface area contributed by atoms with E-state index in [2.05, 4.69) is 17.4 Å². The summed E-state index contributed by atoms with van der Waals surface area (Å²) in [6.45, 7) is 3.64. The molecule has 2 rings (SSSR count). The Morgan fingerprint density at radius 3 is 2.22 bits per heavy atom. The van der Waals surface area contributed by atoms with Crippen molar-refractivity contribution in [3.8, 4) is 17.2 Å². The van der Waals surface area contributed by atoms with Crippen LogP contribution in [0.3, 0.4) is 0 Å². The maximum Gasteiger partial charge on any atom is 0.123 e. The fourth-order valence-electron chi connectivity index (χ4n) is 2.60. The highest BCUT2D eigenvalue weighted by Gasteiger charge is 2.08. The highest BCUT2D eigenvalue weighted by molar-refractivity contribution is 5.46. The van der Waals surface area contributed by atoms with Gasteiger partial charge in [0, 0.05) is 12.1 Å². The Morgan fingerprint density at radius 1 is 0.826 bits per heavy atom. The summed E-state index contributed by atoms with van der Waals surface area (Å²) in [6.07, 6.45) is 0.870. The van der Waals surface area contributed by atoms with Gasteiger partial charge < -0.3 is 19.5 Å². The van der Waals surface area contributed by atoms with Crippen molar-refractivity contribution in [3.05, 3.63) is 53.1 Å². The molecule has 2 aromatic carbocycles. The fourth-order valence-corrected chi connectivity index (χ4v) is 2.60. The lowest BCUT2D eigenvalue weighted by Gasteiger charge is -2.14. The SMILES string of the molecule is COc1cc(CCNCc2ccccc2OC)c(OC)cc1C. The number of nitrogens with one attached hydrogen (secondary N) is 1. The summed E-state index contributed by atoms with van der Waals surface area (Å²) in [5, 5.41) is 3.45. The highest BCUT2D eigenvalue weighted by atomic mass is 16.5. The number of aryl methyl sites for hydroxylation is 1. The first-order valence-corrected chi connectivity index (χ1v) is 7.73. The van der Waals surface area contributed by atoms with Gasteiger partial charge in [-0.15, -0.1) is 0 Å². The van der Waals surface area contributed by atoms with Crippen LogP contribution in [0.5, 0.6) is 17.2 Å². The molecule has 0 radical (unpaired) electrons. The summed E-state index contributed by atoms with van der Waals surface area (Å²) >= 11 is 0. The van der Waals surface area contributed by atoms with Gasteiger partial charge in [0.1, 0.15) is 17.2 Å². The third-order valence-corrected chi connectivity index (χ3v) is 3.88. The van der Waals surface area contributed by atoms with Crippen molar-refractivity contribution < 1.29 is 14.2 Å². The number of para-hydroxylation sites is 1. The first-order valence-electron chi connectivity index (χ1n) is 7.73. The molecule has 4 heteroatoms. The molecule has 0 heterocycles. The van der Waals surface area contributed by atoms with Crippen LogP contribution in [-0.4, -0.2) is 27.9 Å². The molecule has 124 valence electrons. The van der Waals surface area contributed by atoms with Gasteiger partial charge in [0.05, 0.1) is 21.3 Å². The van der Waals surface area contributed by atoms with Crippen LogP contribution in [0.25, 0.3) is 0 Å². The Labute approximate surface area is 138 Å². The van der Waals surface area contributed by atoms with Crippen molar-refractivity contribution in [2.75, 3.05) is 27.9 Å². The quantitative estimate of drug-likeness (QED) is 0.758. The van der Waals surface area contributed by atoms with Crippen LogP contribution in [-0.2, 0) is 13.0 Å². The standard InChI is InChI=1S/C19H25NO3/c1-14-11-19(23-4)15(12-18(14)22-3)9-10-20-13-16-7-5-6-8-17(16)21-2/h5-8,11-12,20H,9-10,13H2,1-4H3. The molecule has 0 bridgehead atoms. The van der Waals surface area contributed by atoms with Gasteiger partial charge in [0.15, 0.2) is 0 Å². The van der Waals surface area contributed by atoms with E-state index in [9.17, 15) is 0 Å². The van der Waals surface area contributed by atoms with Crippen LogP contribution in [0.15, 0.2) is 36.4 Å². The van der Waals surface area contributed by atoms with E-state index < -0.39 is 0 Å². The summed E-state index contributed by atoms with van der Waals surface area (Å²) in [5.74, 6) is 2.71. The van der Waals surface area contributed by atoms with E-state index in [1.807, 2.05) is 31.2 Å². The van der Waals surface area contributed by atoms with Crippen LogP contribution in [0.1, 0.15) is 16.7 Å². The lowest BCUT2D eigenvalue weighted by molar-refractivity contribution is 0.395. The van der Waals surface area contributed by atoms with Gasteiger partial charge in [0.2, 0.25) is 0 Å². The molecule has 1 N–H and O–H groups in total. The summed E-state index contributed by atoms with van der Waals surface area (Å²) in [7, 11) is 5.09. The summed E-state index contributed by atoms with van der Waals surface area (Å²) in [5.41, 5.74) is 3.38. The number of benzene rings is 2. The smallest absolute Gasteiger partial charge is 0.123 e. The normalized spacial score (nSPS) is 10.4. The second-order valence-electron chi connectivity index (χ2n) is 5.37. The molecule has 0 aliphatic carbocycles. The zero-order valence-corrected chi connectivity index (χ0v) is 14.3. The van der Waals surface area contributed by atoms with Gasteiger partial charge in [-0.05, 0) is 49.2 Å². The zero-order valence-electron chi connectivity index (χ0n) is 14.3. The molecule has 0 saturated heterocycles. The van der Waals surface area contributed by atoms with Gasteiger partial charge >= 0.3 is 0 Å². The third-order valence-electron chi connectivity index (χ3n) is 3.88. The number of hydrogen-bond acceptors (Lipinski definition) is 4. The zero-order chi connectivity index (χ0) is 16.7. The molecular formula is C19H25NO3.